The fraction of sp³-hybridized carbons (Fsp3) is 0.237. The molecule has 4 aromatic rings. The normalized spacial score (nSPS) is 11.1. The van der Waals surface area contributed by atoms with Crippen molar-refractivity contribution in [2.75, 3.05) is 19.8 Å². The maximum atomic E-state index is 11.5. The lowest BCUT2D eigenvalue weighted by Crippen LogP contribution is -2.35. The number of carbonyl (C=O) groups is 1. The minimum atomic E-state index is -1.02. The van der Waals surface area contributed by atoms with Crippen LogP contribution in [0.3, 0.4) is 0 Å². The molecule has 4 aromatic carbocycles. The van der Waals surface area contributed by atoms with Crippen LogP contribution in [0.4, 0.5) is 0 Å². The van der Waals surface area contributed by atoms with E-state index < -0.39 is 12.0 Å². The highest BCUT2D eigenvalue weighted by molar-refractivity contribution is 5.73. The first-order valence-corrected chi connectivity index (χ1v) is 14.6. The number of benzene rings is 4. The van der Waals surface area contributed by atoms with Crippen molar-refractivity contribution in [1.82, 2.24) is 4.90 Å². The second-order valence-corrected chi connectivity index (χ2v) is 10.6. The molecule has 3 N–H and O–H groups in total. The first-order chi connectivity index (χ1) is 21.4. The molecule has 0 heterocycles. The SMILES string of the molecule is Cc1cccc(C#CCOc2ccccc2CN(CC[C@H](N)C(=O)O)Cc2ccccc2OCC#Cc2cccc(C)c2)c1. The fourth-order valence-electron chi connectivity index (χ4n) is 4.64. The molecule has 0 saturated heterocycles. The summed E-state index contributed by atoms with van der Waals surface area (Å²) >= 11 is 0. The number of aliphatic carboxylic acids is 1. The molecule has 0 spiro atoms. The van der Waals surface area contributed by atoms with Crippen molar-refractivity contribution >= 4 is 5.97 Å². The number of nitrogens with zero attached hydrogens (tertiary/aromatic N) is 1. The largest absolute Gasteiger partial charge is 0.481 e. The summed E-state index contributed by atoms with van der Waals surface area (Å²) in [6.07, 6.45) is 0.297. The van der Waals surface area contributed by atoms with Crippen LogP contribution in [0.15, 0.2) is 97.1 Å². The number of aryl methyl sites for hydroxylation is 2. The topological polar surface area (TPSA) is 85.0 Å². The predicted molar refractivity (Wildman–Crippen MR) is 174 cm³/mol. The molecular formula is C38H38N2O4. The van der Waals surface area contributed by atoms with Gasteiger partial charge >= 0.3 is 5.97 Å². The number of hydrogen-bond acceptors (Lipinski definition) is 5. The highest BCUT2D eigenvalue weighted by atomic mass is 16.5. The zero-order valence-corrected chi connectivity index (χ0v) is 25.3. The second-order valence-electron chi connectivity index (χ2n) is 10.6. The Morgan fingerprint density at radius 1 is 0.750 bits per heavy atom. The van der Waals surface area contributed by atoms with E-state index in [1.165, 1.54) is 0 Å². The van der Waals surface area contributed by atoms with Crippen LogP contribution in [0.25, 0.3) is 0 Å². The average molecular weight is 587 g/mol. The first-order valence-electron chi connectivity index (χ1n) is 14.6. The molecule has 224 valence electrons. The molecule has 0 unspecified atom stereocenters. The Labute approximate surface area is 260 Å². The monoisotopic (exact) mass is 586 g/mol. The molecule has 0 aromatic heterocycles. The quantitative estimate of drug-likeness (QED) is 0.199. The van der Waals surface area contributed by atoms with E-state index in [4.69, 9.17) is 15.2 Å². The van der Waals surface area contributed by atoms with Gasteiger partial charge in [-0.3, -0.25) is 9.69 Å². The third-order valence-electron chi connectivity index (χ3n) is 6.91. The van der Waals surface area contributed by atoms with Gasteiger partial charge in [-0.2, -0.15) is 0 Å². The van der Waals surface area contributed by atoms with Gasteiger partial charge < -0.3 is 20.3 Å². The zero-order chi connectivity index (χ0) is 31.1. The van der Waals surface area contributed by atoms with Crippen LogP contribution in [0.1, 0.15) is 39.8 Å². The summed E-state index contributed by atoms with van der Waals surface area (Å²) < 4.78 is 12.2. The van der Waals surface area contributed by atoms with Crippen LogP contribution >= 0.6 is 0 Å². The number of carboxylic acids is 1. The van der Waals surface area contributed by atoms with E-state index >= 15 is 0 Å². The molecule has 4 rings (SSSR count). The van der Waals surface area contributed by atoms with Crippen LogP contribution in [0.2, 0.25) is 0 Å². The van der Waals surface area contributed by atoms with E-state index in [1.807, 2.05) is 111 Å². The van der Waals surface area contributed by atoms with E-state index in [0.29, 0.717) is 26.1 Å². The summed E-state index contributed by atoms with van der Waals surface area (Å²) in [6.45, 7) is 6.09. The minimum absolute atomic E-state index is 0.245. The Hall–Kier alpha value is -5.01. The van der Waals surface area contributed by atoms with Gasteiger partial charge in [0, 0.05) is 41.9 Å². The number of para-hydroxylation sites is 2. The summed E-state index contributed by atoms with van der Waals surface area (Å²) in [5.74, 6) is 13.0. The third kappa shape index (κ3) is 10.4. The molecule has 0 saturated carbocycles. The van der Waals surface area contributed by atoms with Gasteiger partial charge in [0.2, 0.25) is 0 Å². The summed E-state index contributed by atoms with van der Waals surface area (Å²) in [5.41, 5.74) is 12.0. The lowest BCUT2D eigenvalue weighted by molar-refractivity contribution is -0.138. The molecule has 44 heavy (non-hydrogen) atoms. The van der Waals surface area contributed by atoms with Gasteiger partial charge in [-0.15, -0.1) is 0 Å². The van der Waals surface area contributed by atoms with Crippen LogP contribution in [-0.4, -0.2) is 41.8 Å². The Morgan fingerprint density at radius 3 is 1.68 bits per heavy atom. The maximum Gasteiger partial charge on any atom is 0.320 e. The van der Waals surface area contributed by atoms with Crippen molar-refractivity contribution < 1.29 is 19.4 Å². The van der Waals surface area contributed by atoms with Gasteiger partial charge in [0.25, 0.3) is 0 Å². The minimum Gasteiger partial charge on any atom is -0.481 e. The number of carboxylic acid groups (broad SMARTS) is 1. The first kappa shape index (κ1) is 31.9. The molecule has 0 amide bonds. The van der Waals surface area contributed by atoms with Crippen LogP contribution in [0, 0.1) is 37.5 Å². The number of hydrogen-bond donors (Lipinski definition) is 2. The average Bonchev–Trinajstić information content (AvgIpc) is 3.01. The Bertz CT molecular complexity index is 1560. The lowest BCUT2D eigenvalue weighted by Gasteiger charge is -2.25. The smallest absolute Gasteiger partial charge is 0.320 e. The molecule has 6 nitrogen and oxygen atoms in total. The standard InChI is InChI=1S/C38H38N2O4/c1-29-11-7-13-31(25-29)15-9-23-43-36-19-5-3-17-33(36)27-40(22-21-35(39)38(41)42)28-34-18-4-6-20-37(34)44-24-10-16-32-14-8-12-30(2)26-32/h3-8,11-14,17-20,25-26,35H,21-24,27-28,39H2,1-2H3,(H,41,42)/t35-/m0/s1. The maximum absolute atomic E-state index is 11.5. The molecule has 0 bridgehead atoms. The van der Waals surface area contributed by atoms with E-state index in [-0.39, 0.29) is 13.2 Å². The van der Waals surface area contributed by atoms with Gasteiger partial charge in [-0.25, -0.2) is 0 Å². The summed E-state index contributed by atoms with van der Waals surface area (Å²) in [7, 11) is 0. The summed E-state index contributed by atoms with van der Waals surface area (Å²) in [5, 5.41) is 9.39. The lowest BCUT2D eigenvalue weighted by atomic mass is 10.1. The number of nitrogens with two attached hydrogens (primary N) is 1. The van der Waals surface area contributed by atoms with Crippen LogP contribution in [-0.2, 0) is 17.9 Å². The molecule has 0 aliphatic carbocycles. The van der Waals surface area contributed by atoms with Gasteiger partial charge in [-0.05, 0) is 67.8 Å². The molecule has 0 aliphatic heterocycles. The van der Waals surface area contributed by atoms with Gasteiger partial charge in [0.05, 0.1) is 0 Å². The van der Waals surface area contributed by atoms with Crippen LogP contribution in [0.5, 0.6) is 11.5 Å². The van der Waals surface area contributed by atoms with Crippen molar-refractivity contribution in [3.63, 3.8) is 0 Å². The second kappa shape index (κ2) is 16.6. The van der Waals surface area contributed by atoms with Crippen molar-refractivity contribution in [3.8, 4) is 35.2 Å². The Balaban J connectivity index is 1.46. The number of ether oxygens (including phenoxy) is 2. The molecule has 1 atom stereocenters. The third-order valence-corrected chi connectivity index (χ3v) is 6.91. The predicted octanol–water partition coefficient (Wildman–Crippen LogP) is 5.97. The molecular weight excluding hydrogens is 548 g/mol. The highest BCUT2D eigenvalue weighted by Gasteiger charge is 2.17. The zero-order valence-electron chi connectivity index (χ0n) is 25.3. The van der Waals surface area contributed by atoms with Gasteiger partial charge in [0.1, 0.15) is 30.8 Å². The molecule has 0 aliphatic rings. The summed E-state index contributed by atoms with van der Waals surface area (Å²) in [4.78, 5) is 13.6. The van der Waals surface area contributed by atoms with Crippen molar-refractivity contribution in [1.29, 1.82) is 0 Å². The Kier molecular flexibility index (Phi) is 12.0. The van der Waals surface area contributed by atoms with Crippen LogP contribution < -0.4 is 15.2 Å². The van der Waals surface area contributed by atoms with E-state index in [0.717, 1.165) is 44.9 Å². The van der Waals surface area contributed by atoms with Crippen molar-refractivity contribution in [2.45, 2.75) is 39.4 Å². The van der Waals surface area contributed by atoms with E-state index in [2.05, 4.69) is 28.6 Å². The number of rotatable bonds is 12. The van der Waals surface area contributed by atoms with E-state index in [9.17, 15) is 9.90 Å². The van der Waals surface area contributed by atoms with Gasteiger partial charge in [0.15, 0.2) is 0 Å². The molecule has 0 fully saturated rings. The fourth-order valence-corrected chi connectivity index (χ4v) is 4.64. The van der Waals surface area contributed by atoms with Gasteiger partial charge in [-0.1, -0.05) is 84.3 Å². The molecule has 6 heteroatoms. The summed E-state index contributed by atoms with van der Waals surface area (Å²) in [6, 6.07) is 30.8. The van der Waals surface area contributed by atoms with E-state index in [1.54, 1.807) is 0 Å². The molecule has 0 radical (unpaired) electrons. The van der Waals surface area contributed by atoms with Crippen molar-refractivity contribution in [3.05, 3.63) is 130 Å². The Morgan fingerprint density at radius 2 is 1.23 bits per heavy atom. The highest BCUT2D eigenvalue weighted by Crippen LogP contribution is 2.24. The van der Waals surface area contributed by atoms with Crippen molar-refractivity contribution in [2.24, 2.45) is 5.73 Å².